The van der Waals surface area contributed by atoms with Crippen molar-refractivity contribution in [3.63, 3.8) is 0 Å². The van der Waals surface area contributed by atoms with Crippen molar-refractivity contribution in [2.75, 3.05) is 11.9 Å². The first-order valence-electron chi connectivity index (χ1n) is 9.33. The summed E-state index contributed by atoms with van der Waals surface area (Å²) in [4.78, 5) is 17.2. The number of aromatic nitrogens is 3. The number of ether oxygens (including phenoxy) is 1. The van der Waals surface area contributed by atoms with Gasteiger partial charge < -0.3 is 10.1 Å². The molecule has 2 heterocycles. The highest BCUT2D eigenvalue weighted by atomic mass is 19.3. The van der Waals surface area contributed by atoms with Crippen LogP contribution < -0.4 is 10.1 Å². The fourth-order valence-electron chi connectivity index (χ4n) is 3.06. The summed E-state index contributed by atoms with van der Waals surface area (Å²) < 4.78 is 33.7. The number of fused-ring (bicyclic) bond motifs is 1. The zero-order chi connectivity index (χ0) is 21.1. The lowest BCUT2D eigenvalue weighted by Gasteiger charge is -2.09. The molecule has 4 rings (SSSR count). The summed E-state index contributed by atoms with van der Waals surface area (Å²) in [7, 11) is 0. The quantitative estimate of drug-likeness (QED) is 0.488. The molecule has 1 amide bonds. The number of nitrogens with zero attached hydrogens (tertiary/aromatic N) is 3. The zero-order valence-corrected chi connectivity index (χ0v) is 16.0. The summed E-state index contributed by atoms with van der Waals surface area (Å²) >= 11 is 0. The summed E-state index contributed by atoms with van der Waals surface area (Å²) in [6.07, 6.45) is -1.53. The lowest BCUT2D eigenvalue weighted by molar-refractivity contribution is 0.102. The topological polar surface area (TPSA) is 68.5 Å². The van der Waals surface area contributed by atoms with Gasteiger partial charge in [-0.15, -0.1) is 0 Å². The third-order valence-electron chi connectivity index (χ3n) is 4.46. The molecule has 2 aromatic carbocycles. The molecule has 30 heavy (non-hydrogen) atoms. The fourth-order valence-corrected chi connectivity index (χ4v) is 3.06. The van der Waals surface area contributed by atoms with Crippen LogP contribution in [0.3, 0.4) is 0 Å². The first-order valence-corrected chi connectivity index (χ1v) is 9.33. The predicted molar refractivity (Wildman–Crippen MR) is 109 cm³/mol. The molecule has 0 saturated heterocycles. The molecule has 8 heteroatoms. The molecule has 6 nitrogen and oxygen atoms in total. The maximum atomic E-state index is 13.6. The predicted octanol–water partition coefficient (Wildman–Crippen LogP) is 4.98. The second-order valence-corrected chi connectivity index (χ2v) is 6.44. The highest BCUT2D eigenvalue weighted by Crippen LogP contribution is 2.27. The lowest BCUT2D eigenvalue weighted by Crippen LogP contribution is -2.12. The van der Waals surface area contributed by atoms with Crippen LogP contribution in [0.5, 0.6) is 5.75 Å². The average molecular weight is 408 g/mol. The maximum absolute atomic E-state index is 13.6. The number of carbonyl (C=O) groups is 1. The van der Waals surface area contributed by atoms with Gasteiger partial charge in [-0.1, -0.05) is 30.3 Å². The minimum absolute atomic E-state index is 0.0649. The fraction of sp³-hybridized carbons (Fsp3) is 0.136. The molecule has 152 valence electrons. The van der Waals surface area contributed by atoms with Crippen LogP contribution in [0.1, 0.15) is 29.4 Å². The number of rotatable bonds is 6. The Morgan fingerprint density at radius 1 is 1.13 bits per heavy atom. The molecule has 1 N–H and O–H groups in total. The Morgan fingerprint density at radius 3 is 2.53 bits per heavy atom. The minimum atomic E-state index is -2.78. The molecule has 0 radical (unpaired) electrons. The molecular formula is C22H18F2N4O2. The Kier molecular flexibility index (Phi) is 5.38. The van der Waals surface area contributed by atoms with Gasteiger partial charge in [-0.3, -0.25) is 4.79 Å². The number of nitrogens with one attached hydrogen (secondary N) is 1. The Labute approximate surface area is 171 Å². The van der Waals surface area contributed by atoms with Gasteiger partial charge in [-0.25, -0.2) is 18.3 Å². The SMILES string of the molecule is CCOc1ccc(NC(=O)c2cnn3c(C(F)F)cc(-c4ccccc4)nc23)cc1. The van der Waals surface area contributed by atoms with E-state index >= 15 is 0 Å². The Morgan fingerprint density at radius 2 is 1.87 bits per heavy atom. The molecule has 0 saturated carbocycles. The van der Waals surface area contributed by atoms with Gasteiger partial charge in [0, 0.05) is 11.3 Å². The molecule has 0 aliphatic rings. The van der Waals surface area contributed by atoms with Crippen LogP contribution in [0.4, 0.5) is 14.5 Å². The summed E-state index contributed by atoms with van der Waals surface area (Å²) in [5.74, 6) is 0.189. The number of anilines is 1. The Hall–Kier alpha value is -3.81. The second-order valence-electron chi connectivity index (χ2n) is 6.44. The van der Waals surface area contributed by atoms with Crippen LogP contribution in [0.25, 0.3) is 16.9 Å². The van der Waals surface area contributed by atoms with Crippen molar-refractivity contribution >= 4 is 17.2 Å². The van der Waals surface area contributed by atoms with Gasteiger partial charge in [0.1, 0.15) is 17.0 Å². The molecule has 0 atom stereocenters. The minimum Gasteiger partial charge on any atom is -0.494 e. The van der Waals surface area contributed by atoms with Crippen LogP contribution in [0, 0.1) is 0 Å². The lowest BCUT2D eigenvalue weighted by atomic mass is 10.1. The third-order valence-corrected chi connectivity index (χ3v) is 4.46. The summed E-state index contributed by atoms with van der Waals surface area (Å²) in [6.45, 7) is 2.42. The zero-order valence-electron chi connectivity index (χ0n) is 16.0. The van der Waals surface area contributed by atoms with Crippen LogP contribution >= 0.6 is 0 Å². The van der Waals surface area contributed by atoms with Crippen molar-refractivity contribution in [1.29, 1.82) is 0 Å². The number of hydrogen-bond acceptors (Lipinski definition) is 4. The molecule has 2 aromatic heterocycles. The second kappa shape index (κ2) is 8.28. The first kappa shape index (κ1) is 19.5. The molecule has 0 fully saturated rings. The van der Waals surface area contributed by atoms with Gasteiger partial charge in [0.25, 0.3) is 12.3 Å². The number of benzene rings is 2. The van der Waals surface area contributed by atoms with Crippen molar-refractivity contribution in [3.8, 4) is 17.0 Å². The number of carbonyl (C=O) groups excluding carboxylic acids is 1. The molecule has 0 aliphatic carbocycles. The Balaban J connectivity index is 1.72. The standard InChI is InChI=1S/C22H18F2N4O2/c1-2-30-16-10-8-15(9-11-16)26-22(29)17-13-25-28-19(20(23)24)12-18(27-21(17)28)14-6-4-3-5-7-14/h3-13,20H,2H2,1H3,(H,26,29). The van der Waals surface area contributed by atoms with Crippen molar-refractivity contribution in [1.82, 2.24) is 14.6 Å². The summed E-state index contributed by atoms with van der Waals surface area (Å²) in [5, 5.41) is 6.71. The van der Waals surface area contributed by atoms with Crippen LogP contribution in [0.15, 0.2) is 66.9 Å². The maximum Gasteiger partial charge on any atom is 0.280 e. The molecule has 4 aromatic rings. The van der Waals surface area contributed by atoms with E-state index in [0.717, 1.165) is 4.52 Å². The molecular weight excluding hydrogens is 390 g/mol. The van der Waals surface area contributed by atoms with Crippen molar-refractivity contribution in [2.24, 2.45) is 0 Å². The largest absolute Gasteiger partial charge is 0.494 e. The van der Waals surface area contributed by atoms with Crippen molar-refractivity contribution < 1.29 is 18.3 Å². The van der Waals surface area contributed by atoms with Crippen molar-refractivity contribution in [2.45, 2.75) is 13.3 Å². The number of halogens is 2. The van der Waals surface area contributed by atoms with E-state index in [1.807, 2.05) is 13.0 Å². The summed E-state index contributed by atoms with van der Waals surface area (Å²) in [5.41, 5.74) is 1.38. The third kappa shape index (κ3) is 3.84. The van der Waals surface area contributed by atoms with Gasteiger partial charge >= 0.3 is 0 Å². The van der Waals surface area contributed by atoms with E-state index in [1.165, 1.54) is 12.3 Å². The number of hydrogen-bond donors (Lipinski definition) is 1. The van der Waals surface area contributed by atoms with Crippen molar-refractivity contribution in [3.05, 3.63) is 78.1 Å². The van der Waals surface area contributed by atoms with Crippen LogP contribution in [-0.4, -0.2) is 27.1 Å². The van der Waals surface area contributed by atoms with Gasteiger partial charge in [0.2, 0.25) is 0 Å². The van der Waals surface area contributed by atoms with Crippen LogP contribution in [0.2, 0.25) is 0 Å². The van der Waals surface area contributed by atoms with Gasteiger partial charge in [-0.05, 0) is 37.3 Å². The molecule has 0 aliphatic heterocycles. The molecule has 0 unspecified atom stereocenters. The van der Waals surface area contributed by atoms with Gasteiger partial charge in [0.05, 0.1) is 18.5 Å². The highest BCUT2D eigenvalue weighted by Gasteiger charge is 2.21. The number of alkyl halides is 2. The Bertz CT molecular complexity index is 1180. The average Bonchev–Trinajstić information content (AvgIpc) is 3.19. The van der Waals surface area contributed by atoms with Gasteiger partial charge in [-0.2, -0.15) is 5.10 Å². The summed E-state index contributed by atoms with van der Waals surface area (Å²) in [6, 6.07) is 17.1. The highest BCUT2D eigenvalue weighted by molar-refractivity contribution is 6.08. The van der Waals surface area contributed by atoms with Crippen LogP contribution in [-0.2, 0) is 0 Å². The van der Waals surface area contributed by atoms with E-state index in [4.69, 9.17) is 4.74 Å². The van der Waals surface area contributed by atoms with E-state index < -0.39 is 12.3 Å². The molecule has 0 spiro atoms. The molecule has 0 bridgehead atoms. The normalized spacial score (nSPS) is 11.1. The number of amides is 1. The van der Waals surface area contributed by atoms with Gasteiger partial charge in [0.15, 0.2) is 5.65 Å². The van der Waals surface area contributed by atoms with E-state index in [0.29, 0.717) is 29.3 Å². The van der Waals surface area contributed by atoms with E-state index in [-0.39, 0.29) is 16.9 Å². The van der Waals surface area contributed by atoms with E-state index in [1.54, 1.807) is 48.5 Å². The monoisotopic (exact) mass is 408 g/mol. The van der Waals surface area contributed by atoms with E-state index in [9.17, 15) is 13.6 Å². The smallest absolute Gasteiger partial charge is 0.280 e. The van der Waals surface area contributed by atoms with E-state index in [2.05, 4.69) is 15.4 Å². The first-order chi connectivity index (χ1) is 14.6.